The van der Waals surface area contributed by atoms with E-state index in [9.17, 15) is 0 Å². The third-order valence-corrected chi connectivity index (χ3v) is 1.27. The molecule has 2 aromatic heterocycles. The van der Waals surface area contributed by atoms with Crippen molar-refractivity contribution < 1.29 is 5.11 Å². The molecule has 10 heavy (non-hydrogen) atoms. The molecule has 0 aliphatic rings. The van der Waals surface area contributed by atoms with Crippen molar-refractivity contribution in [2.45, 2.75) is 0 Å². The van der Waals surface area contributed by atoms with Crippen molar-refractivity contribution in [2.24, 2.45) is 0 Å². The van der Waals surface area contributed by atoms with Gasteiger partial charge in [0, 0.05) is 0 Å². The van der Waals surface area contributed by atoms with E-state index in [4.69, 9.17) is 5.11 Å². The molecule has 2 aromatic rings. The summed E-state index contributed by atoms with van der Waals surface area (Å²) in [4.78, 5) is 3.67. The maximum atomic E-state index is 8.88. The Hall–Kier alpha value is -1.58. The van der Waals surface area contributed by atoms with Gasteiger partial charge in [0.05, 0.1) is 24.1 Å². The summed E-state index contributed by atoms with van der Waals surface area (Å²) in [5.41, 5.74) is 0.873. The minimum Gasteiger partial charge on any atom is -0.492 e. The van der Waals surface area contributed by atoms with Crippen molar-refractivity contribution in [1.82, 2.24) is 14.6 Å². The molecule has 0 radical (unpaired) electrons. The Morgan fingerprint density at radius 1 is 1.50 bits per heavy atom. The Balaban J connectivity index is 2.86. The predicted octanol–water partition coefficient (Wildman–Crippen LogP) is 0.435. The lowest BCUT2D eigenvalue weighted by molar-refractivity contribution is 0.448. The fraction of sp³-hybridized carbons (Fsp3) is 0. The van der Waals surface area contributed by atoms with E-state index < -0.39 is 0 Å². The highest BCUT2D eigenvalue weighted by Gasteiger charge is 1.93. The summed E-state index contributed by atoms with van der Waals surface area (Å²) in [6.45, 7) is 0. The SMILES string of the molecule is Oc1cn2nccc2cn1. The molecule has 2 heterocycles. The van der Waals surface area contributed by atoms with Crippen LogP contribution in [0.1, 0.15) is 0 Å². The van der Waals surface area contributed by atoms with Gasteiger partial charge < -0.3 is 5.11 Å². The molecule has 0 saturated heterocycles. The van der Waals surface area contributed by atoms with E-state index in [2.05, 4.69) is 10.1 Å². The number of rotatable bonds is 0. The van der Waals surface area contributed by atoms with Crippen molar-refractivity contribution >= 4 is 5.52 Å². The third kappa shape index (κ3) is 0.621. The average Bonchev–Trinajstić information content (AvgIpc) is 2.33. The summed E-state index contributed by atoms with van der Waals surface area (Å²) in [5.74, 6) is -0.0174. The van der Waals surface area contributed by atoms with E-state index in [-0.39, 0.29) is 5.88 Å². The second kappa shape index (κ2) is 1.70. The van der Waals surface area contributed by atoms with Crippen molar-refractivity contribution in [3.05, 3.63) is 24.7 Å². The van der Waals surface area contributed by atoms with Gasteiger partial charge in [-0.25, -0.2) is 9.50 Å². The highest BCUT2D eigenvalue weighted by atomic mass is 16.3. The van der Waals surface area contributed by atoms with Crippen molar-refractivity contribution in [1.29, 1.82) is 0 Å². The normalized spacial score (nSPS) is 10.4. The molecule has 0 amide bonds. The number of nitrogens with zero attached hydrogens (tertiary/aromatic N) is 3. The summed E-state index contributed by atoms with van der Waals surface area (Å²) in [7, 11) is 0. The Bertz CT molecular complexity index is 355. The van der Waals surface area contributed by atoms with Gasteiger partial charge in [0.1, 0.15) is 0 Å². The molecule has 4 heteroatoms. The van der Waals surface area contributed by atoms with Gasteiger partial charge in [-0.1, -0.05) is 0 Å². The molecule has 0 fully saturated rings. The summed E-state index contributed by atoms with van der Waals surface area (Å²) < 4.78 is 1.56. The maximum Gasteiger partial charge on any atom is 0.229 e. The molecule has 0 spiro atoms. The average molecular weight is 135 g/mol. The van der Waals surface area contributed by atoms with E-state index in [0.29, 0.717) is 0 Å². The van der Waals surface area contributed by atoms with E-state index in [1.807, 2.05) is 6.07 Å². The number of hydrogen-bond donors (Lipinski definition) is 1. The van der Waals surface area contributed by atoms with Gasteiger partial charge in [-0.05, 0) is 6.07 Å². The monoisotopic (exact) mass is 135 g/mol. The van der Waals surface area contributed by atoms with Gasteiger partial charge in [-0.15, -0.1) is 0 Å². The fourth-order valence-corrected chi connectivity index (χ4v) is 0.810. The second-order valence-corrected chi connectivity index (χ2v) is 1.95. The second-order valence-electron chi connectivity index (χ2n) is 1.95. The van der Waals surface area contributed by atoms with Crippen LogP contribution in [0.4, 0.5) is 0 Å². The zero-order chi connectivity index (χ0) is 6.97. The third-order valence-electron chi connectivity index (χ3n) is 1.27. The zero-order valence-electron chi connectivity index (χ0n) is 5.10. The summed E-state index contributed by atoms with van der Waals surface area (Å²) in [6.07, 6.45) is 4.66. The first kappa shape index (κ1) is 5.22. The van der Waals surface area contributed by atoms with Gasteiger partial charge in [-0.3, -0.25) is 0 Å². The minimum atomic E-state index is -0.0174. The minimum absolute atomic E-state index is 0.0174. The van der Waals surface area contributed by atoms with Crippen LogP contribution in [0.15, 0.2) is 24.7 Å². The highest BCUT2D eigenvalue weighted by molar-refractivity contribution is 5.42. The molecule has 50 valence electrons. The molecule has 0 atom stereocenters. The van der Waals surface area contributed by atoms with Crippen LogP contribution in [0, 0.1) is 0 Å². The molecule has 0 aliphatic heterocycles. The summed E-state index contributed by atoms with van der Waals surface area (Å²) >= 11 is 0. The zero-order valence-corrected chi connectivity index (χ0v) is 5.10. The Kier molecular flexibility index (Phi) is 0.887. The fourth-order valence-electron chi connectivity index (χ4n) is 0.810. The molecule has 0 aliphatic carbocycles. The lowest BCUT2D eigenvalue weighted by Gasteiger charge is -1.90. The lowest BCUT2D eigenvalue weighted by atomic mass is 10.5. The molecule has 0 bridgehead atoms. The number of fused-ring (bicyclic) bond motifs is 1. The Labute approximate surface area is 56.8 Å². The van der Waals surface area contributed by atoms with Crippen LogP contribution in [0.25, 0.3) is 5.52 Å². The first-order valence-corrected chi connectivity index (χ1v) is 2.84. The van der Waals surface area contributed by atoms with E-state index in [1.165, 1.54) is 6.20 Å². The van der Waals surface area contributed by atoms with Gasteiger partial charge in [0.15, 0.2) is 0 Å². The van der Waals surface area contributed by atoms with Crippen LogP contribution in [0.2, 0.25) is 0 Å². The molecule has 0 aromatic carbocycles. The quantitative estimate of drug-likeness (QED) is 0.570. The first-order chi connectivity index (χ1) is 4.86. The number of aromatic hydroxyl groups is 1. The van der Waals surface area contributed by atoms with Crippen LogP contribution >= 0.6 is 0 Å². The molecular weight excluding hydrogens is 130 g/mol. The largest absolute Gasteiger partial charge is 0.492 e. The molecule has 1 N–H and O–H groups in total. The topological polar surface area (TPSA) is 50.4 Å². The Morgan fingerprint density at radius 2 is 2.40 bits per heavy atom. The van der Waals surface area contributed by atoms with Crippen LogP contribution in [0.5, 0.6) is 5.88 Å². The van der Waals surface area contributed by atoms with Crippen LogP contribution in [-0.4, -0.2) is 19.7 Å². The van der Waals surface area contributed by atoms with E-state index in [0.717, 1.165) is 5.52 Å². The standard InChI is InChI=1S/C6H5N3O/c10-6-4-9-5(3-7-6)1-2-8-9/h1-4,10H. The molecule has 2 rings (SSSR count). The van der Waals surface area contributed by atoms with Crippen LogP contribution < -0.4 is 0 Å². The van der Waals surface area contributed by atoms with Gasteiger partial charge in [-0.2, -0.15) is 5.10 Å². The van der Waals surface area contributed by atoms with Gasteiger partial charge in [0.25, 0.3) is 0 Å². The van der Waals surface area contributed by atoms with Gasteiger partial charge >= 0.3 is 0 Å². The number of aromatic nitrogens is 3. The highest BCUT2D eigenvalue weighted by Crippen LogP contribution is 2.04. The van der Waals surface area contributed by atoms with Crippen molar-refractivity contribution in [2.75, 3.05) is 0 Å². The smallest absolute Gasteiger partial charge is 0.229 e. The summed E-state index contributed by atoms with van der Waals surface area (Å²) in [5, 5.41) is 12.8. The summed E-state index contributed by atoms with van der Waals surface area (Å²) in [6, 6.07) is 1.81. The van der Waals surface area contributed by atoms with Crippen molar-refractivity contribution in [3.8, 4) is 5.88 Å². The molecule has 0 unspecified atom stereocenters. The van der Waals surface area contributed by atoms with E-state index in [1.54, 1.807) is 16.9 Å². The van der Waals surface area contributed by atoms with Crippen LogP contribution in [-0.2, 0) is 0 Å². The van der Waals surface area contributed by atoms with Gasteiger partial charge in [0.2, 0.25) is 5.88 Å². The lowest BCUT2D eigenvalue weighted by Crippen LogP contribution is -1.86. The van der Waals surface area contributed by atoms with Crippen LogP contribution in [0.3, 0.4) is 0 Å². The molecule has 4 nitrogen and oxygen atoms in total. The van der Waals surface area contributed by atoms with Crippen molar-refractivity contribution in [3.63, 3.8) is 0 Å². The van der Waals surface area contributed by atoms with E-state index >= 15 is 0 Å². The molecular formula is C6H5N3O. The predicted molar refractivity (Wildman–Crippen MR) is 34.7 cm³/mol. The number of hydrogen-bond acceptors (Lipinski definition) is 3. The Morgan fingerprint density at radius 3 is 3.30 bits per heavy atom. The maximum absolute atomic E-state index is 8.88. The molecule has 0 saturated carbocycles. The first-order valence-electron chi connectivity index (χ1n) is 2.84.